The maximum Gasteiger partial charge on any atom is 0.410 e. The van der Waals surface area contributed by atoms with Crippen LogP contribution in [0.1, 0.15) is 89.0 Å². The Morgan fingerprint density at radius 3 is 1.93 bits per heavy atom. The van der Waals surface area contributed by atoms with Gasteiger partial charge in [-0.2, -0.15) is 0 Å². The summed E-state index contributed by atoms with van der Waals surface area (Å²) in [5.41, 5.74) is 11.4. The van der Waals surface area contributed by atoms with Gasteiger partial charge in [0.1, 0.15) is 11.2 Å². The van der Waals surface area contributed by atoms with Crippen molar-refractivity contribution >= 4 is 29.1 Å². The molecule has 0 radical (unpaired) electrons. The number of rotatable bonds is 3. The molecule has 0 aromatic heterocycles. The zero-order valence-corrected chi connectivity index (χ0v) is 27.4. The molecule has 2 N–H and O–H groups in total. The molecular weight excluding hydrogens is 560 g/mol. The van der Waals surface area contributed by atoms with Crippen LogP contribution in [0.15, 0.2) is 42.5 Å². The lowest BCUT2D eigenvalue weighted by Gasteiger charge is -2.34. The third-order valence-corrected chi connectivity index (χ3v) is 7.51. The summed E-state index contributed by atoms with van der Waals surface area (Å²) in [6.45, 7) is 17.8. The zero-order valence-electron chi connectivity index (χ0n) is 27.4. The molecule has 0 saturated carbocycles. The van der Waals surface area contributed by atoms with Crippen molar-refractivity contribution in [1.29, 1.82) is 0 Å². The standard InChI is InChI=1S/C17H22N2O4.C17H26N2O2/c1-12-11-14(19(21)22)5-6-15(12)13-7-9-18(10-8-13)16(20)23-17(2,3)4;1-12-11-14(18)5-6-15(12)13-7-9-19(10-8-13)16(20)21-17(2,3)4/h5-7,11H,8-10H2,1-4H3;5-6,11,13H,7-10,18H2,1-4H3. The first kappa shape index (κ1) is 34.4. The summed E-state index contributed by atoms with van der Waals surface area (Å²) in [7, 11) is 0. The molecule has 1 saturated heterocycles. The quantitative estimate of drug-likeness (QED) is 0.216. The second-order valence-corrected chi connectivity index (χ2v) is 13.5. The number of nitrogens with two attached hydrogens (primary N) is 1. The van der Waals surface area contributed by atoms with Crippen LogP contribution in [0.4, 0.5) is 21.0 Å². The number of anilines is 1. The average molecular weight is 609 g/mol. The Balaban J connectivity index is 0.000000241. The Morgan fingerprint density at radius 1 is 0.864 bits per heavy atom. The maximum atomic E-state index is 12.1. The van der Waals surface area contributed by atoms with Crippen molar-refractivity contribution in [3.05, 3.63) is 74.8 Å². The van der Waals surface area contributed by atoms with Crippen molar-refractivity contribution in [1.82, 2.24) is 9.80 Å². The number of ether oxygens (including phenoxy) is 2. The average Bonchev–Trinajstić information content (AvgIpc) is 2.92. The van der Waals surface area contributed by atoms with Gasteiger partial charge in [0.05, 0.1) is 4.92 Å². The summed E-state index contributed by atoms with van der Waals surface area (Å²) in [5.74, 6) is 0.504. The number of likely N-dealkylation sites (tertiary alicyclic amines) is 1. The molecule has 2 aromatic carbocycles. The first-order valence-corrected chi connectivity index (χ1v) is 15.2. The number of nitro groups is 1. The molecule has 2 amide bonds. The fourth-order valence-electron chi connectivity index (χ4n) is 5.38. The number of hydrogen-bond donors (Lipinski definition) is 1. The summed E-state index contributed by atoms with van der Waals surface area (Å²) in [6, 6.07) is 11.0. The number of aryl methyl sites for hydroxylation is 2. The van der Waals surface area contributed by atoms with Crippen molar-refractivity contribution in [2.45, 2.75) is 91.8 Å². The maximum absolute atomic E-state index is 12.1. The van der Waals surface area contributed by atoms with E-state index in [9.17, 15) is 19.7 Å². The topological polar surface area (TPSA) is 128 Å². The Bertz CT molecular complexity index is 1380. The molecule has 4 rings (SSSR count). The van der Waals surface area contributed by atoms with Crippen LogP contribution in [0.3, 0.4) is 0 Å². The fourth-order valence-corrected chi connectivity index (χ4v) is 5.38. The van der Waals surface area contributed by atoms with E-state index >= 15 is 0 Å². The molecule has 2 aliphatic rings. The molecule has 0 bridgehead atoms. The Hall–Kier alpha value is -4.08. The molecule has 44 heavy (non-hydrogen) atoms. The first-order valence-electron chi connectivity index (χ1n) is 15.2. The number of carbonyl (C=O) groups is 2. The van der Waals surface area contributed by atoms with E-state index in [1.54, 1.807) is 17.0 Å². The molecule has 2 aliphatic heterocycles. The number of amides is 2. The van der Waals surface area contributed by atoms with Crippen LogP contribution in [0, 0.1) is 24.0 Å². The van der Waals surface area contributed by atoms with E-state index in [-0.39, 0.29) is 17.9 Å². The predicted octanol–water partition coefficient (Wildman–Crippen LogP) is 7.62. The van der Waals surface area contributed by atoms with Gasteiger partial charge in [-0.15, -0.1) is 0 Å². The summed E-state index contributed by atoms with van der Waals surface area (Å²) < 4.78 is 10.8. The normalized spacial score (nSPS) is 16.0. The van der Waals surface area contributed by atoms with Crippen molar-refractivity contribution in [3.8, 4) is 0 Å². The van der Waals surface area contributed by atoms with Gasteiger partial charge >= 0.3 is 12.2 Å². The molecule has 1 fully saturated rings. The Morgan fingerprint density at radius 2 is 1.45 bits per heavy atom. The molecule has 10 nitrogen and oxygen atoms in total. The smallest absolute Gasteiger partial charge is 0.410 e. The minimum atomic E-state index is -0.504. The van der Waals surface area contributed by atoms with Gasteiger partial charge in [-0.05, 0) is 127 Å². The second-order valence-electron chi connectivity index (χ2n) is 13.5. The van der Waals surface area contributed by atoms with Crippen molar-refractivity contribution in [3.63, 3.8) is 0 Å². The number of benzene rings is 2. The Kier molecular flexibility index (Phi) is 11.1. The minimum absolute atomic E-state index is 0.0954. The minimum Gasteiger partial charge on any atom is -0.444 e. The van der Waals surface area contributed by atoms with Gasteiger partial charge in [-0.25, -0.2) is 9.59 Å². The van der Waals surface area contributed by atoms with Gasteiger partial charge in [0.25, 0.3) is 5.69 Å². The molecule has 0 aliphatic carbocycles. The first-order chi connectivity index (χ1) is 20.4. The SMILES string of the molecule is Cc1cc(N)ccc1C1CCN(C(=O)OC(C)(C)C)CC1.Cc1cc([N+](=O)[O-])ccc1C1=CCN(C(=O)OC(C)(C)C)CC1. The van der Waals surface area contributed by atoms with E-state index in [1.807, 2.05) is 71.6 Å². The van der Waals surface area contributed by atoms with Crippen LogP contribution < -0.4 is 5.73 Å². The lowest BCUT2D eigenvalue weighted by Crippen LogP contribution is -2.41. The van der Waals surface area contributed by atoms with E-state index in [0.717, 1.165) is 48.3 Å². The van der Waals surface area contributed by atoms with Crippen LogP contribution in [-0.2, 0) is 9.47 Å². The molecular formula is C34H48N4O6. The van der Waals surface area contributed by atoms with Crippen LogP contribution in [-0.4, -0.2) is 64.3 Å². The number of hydrogen-bond acceptors (Lipinski definition) is 7. The summed E-state index contributed by atoms with van der Waals surface area (Å²) >= 11 is 0. The second kappa shape index (κ2) is 14.1. The highest BCUT2D eigenvalue weighted by atomic mass is 16.6. The van der Waals surface area contributed by atoms with Crippen molar-refractivity contribution < 1.29 is 24.0 Å². The van der Waals surface area contributed by atoms with E-state index in [4.69, 9.17) is 15.2 Å². The van der Waals surface area contributed by atoms with Crippen LogP contribution in [0.5, 0.6) is 0 Å². The zero-order chi connectivity index (χ0) is 32.8. The molecule has 10 heteroatoms. The fraction of sp³-hybridized carbons (Fsp3) is 0.529. The molecule has 240 valence electrons. The number of nitrogens with zero attached hydrogens (tertiary/aromatic N) is 3. The largest absolute Gasteiger partial charge is 0.444 e. The van der Waals surface area contributed by atoms with Gasteiger partial charge in [0.2, 0.25) is 0 Å². The monoisotopic (exact) mass is 608 g/mol. The van der Waals surface area contributed by atoms with Gasteiger partial charge in [0, 0.05) is 44.0 Å². The molecule has 2 aromatic rings. The number of non-ortho nitro benzene ring substituents is 1. The van der Waals surface area contributed by atoms with Gasteiger partial charge in [-0.1, -0.05) is 12.1 Å². The van der Waals surface area contributed by atoms with Crippen LogP contribution >= 0.6 is 0 Å². The van der Waals surface area contributed by atoms with E-state index in [1.165, 1.54) is 17.2 Å². The highest BCUT2D eigenvalue weighted by Gasteiger charge is 2.28. The lowest BCUT2D eigenvalue weighted by molar-refractivity contribution is -0.384. The number of nitro benzene ring substituents is 1. The number of carbonyl (C=O) groups excluding carboxylic acids is 2. The van der Waals surface area contributed by atoms with Gasteiger partial charge < -0.3 is 25.0 Å². The lowest BCUT2D eigenvalue weighted by atomic mass is 9.87. The summed E-state index contributed by atoms with van der Waals surface area (Å²) in [5, 5.41) is 10.8. The van der Waals surface area contributed by atoms with Gasteiger partial charge in [-0.3, -0.25) is 10.1 Å². The third-order valence-electron chi connectivity index (χ3n) is 7.51. The van der Waals surface area contributed by atoms with E-state index in [0.29, 0.717) is 25.4 Å². The highest BCUT2D eigenvalue weighted by molar-refractivity contribution is 5.74. The van der Waals surface area contributed by atoms with Crippen molar-refractivity contribution in [2.75, 3.05) is 31.9 Å². The third kappa shape index (κ3) is 9.99. The van der Waals surface area contributed by atoms with Gasteiger partial charge in [0.15, 0.2) is 0 Å². The number of nitrogen functional groups attached to an aromatic ring is 1. The van der Waals surface area contributed by atoms with E-state index < -0.39 is 16.1 Å². The van der Waals surface area contributed by atoms with Crippen molar-refractivity contribution in [2.24, 2.45) is 0 Å². The molecule has 0 unspecified atom stereocenters. The number of piperidine rings is 1. The van der Waals surface area contributed by atoms with E-state index in [2.05, 4.69) is 13.0 Å². The Labute approximate surface area is 261 Å². The summed E-state index contributed by atoms with van der Waals surface area (Å²) in [6.07, 6.45) is 4.14. The molecule has 0 atom stereocenters. The summed E-state index contributed by atoms with van der Waals surface area (Å²) in [4.78, 5) is 38.0. The predicted molar refractivity (Wildman–Crippen MR) is 174 cm³/mol. The highest BCUT2D eigenvalue weighted by Crippen LogP contribution is 2.32. The molecule has 0 spiro atoms. The van der Waals surface area contributed by atoms with Crippen LogP contribution in [0.2, 0.25) is 0 Å². The van der Waals surface area contributed by atoms with Crippen LogP contribution in [0.25, 0.3) is 5.57 Å². The molecule has 2 heterocycles.